The molecule has 0 spiro atoms. The largest absolute Gasteiger partial charge is 0.505 e. The molecule has 4 rings (SSSR count). The third-order valence-corrected chi connectivity index (χ3v) is 7.19. The average molecular weight is 541 g/mol. The number of hydrogen-bond donors (Lipinski definition) is 4. The van der Waals surface area contributed by atoms with Gasteiger partial charge in [0.1, 0.15) is 0 Å². The van der Waals surface area contributed by atoms with Crippen LogP contribution in [0.4, 0.5) is 17.6 Å². The van der Waals surface area contributed by atoms with Gasteiger partial charge in [0.25, 0.3) is 0 Å². The molecule has 0 aromatic heterocycles. The molecule has 8 heteroatoms. The van der Waals surface area contributed by atoms with Gasteiger partial charge in [-0.25, -0.2) is 17.6 Å². The SMILES string of the molecule is Cc1cc(C(CC(c2cc(C)c(O)c(F)c2)c2cc(C)c(O)c(F)c2)c2cc(C)c(O)c(F)c2)cc(F)c1O. The van der Waals surface area contributed by atoms with Crippen LogP contribution in [-0.4, -0.2) is 20.4 Å². The monoisotopic (exact) mass is 540 g/mol. The van der Waals surface area contributed by atoms with Crippen LogP contribution in [0.1, 0.15) is 62.8 Å². The summed E-state index contributed by atoms with van der Waals surface area (Å²) in [6.07, 6.45) is 0.0423. The summed E-state index contributed by atoms with van der Waals surface area (Å²) in [5.74, 6) is -7.23. The highest BCUT2D eigenvalue weighted by Crippen LogP contribution is 2.43. The molecule has 0 heterocycles. The van der Waals surface area contributed by atoms with Gasteiger partial charge in [0.05, 0.1) is 0 Å². The van der Waals surface area contributed by atoms with E-state index in [2.05, 4.69) is 0 Å². The van der Waals surface area contributed by atoms with E-state index in [1.165, 1.54) is 27.7 Å². The van der Waals surface area contributed by atoms with Crippen molar-refractivity contribution < 1.29 is 38.0 Å². The third-order valence-electron chi connectivity index (χ3n) is 7.19. The first kappa shape index (κ1) is 27.8. The van der Waals surface area contributed by atoms with Crippen molar-refractivity contribution in [1.82, 2.24) is 0 Å². The van der Waals surface area contributed by atoms with Crippen molar-refractivity contribution in [2.24, 2.45) is 0 Å². The summed E-state index contributed by atoms with van der Waals surface area (Å²) in [4.78, 5) is 0. The third kappa shape index (κ3) is 5.37. The number of phenols is 4. The van der Waals surface area contributed by atoms with E-state index in [9.17, 15) is 38.0 Å². The topological polar surface area (TPSA) is 80.9 Å². The molecule has 0 aliphatic carbocycles. The first-order valence-electron chi connectivity index (χ1n) is 12.2. The average Bonchev–Trinajstić information content (AvgIpc) is 2.87. The maximum absolute atomic E-state index is 14.7. The zero-order valence-electron chi connectivity index (χ0n) is 21.8. The van der Waals surface area contributed by atoms with E-state index in [1.54, 1.807) is 24.3 Å². The van der Waals surface area contributed by atoms with Crippen molar-refractivity contribution in [3.63, 3.8) is 0 Å². The summed E-state index contributed by atoms with van der Waals surface area (Å²) in [6, 6.07) is 10.7. The lowest BCUT2D eigenvalue weighted by Crippen LogP contribution is -2.12. The van der Waals surface area contributed by atoms with Gasteiger partial charge in [-0.15, -0.1) is 0 Å². The van der Waals surface area contributed by atoms with Crippen LogP contribution in [0.2, 0.25) is 0 Å². The number of aryl methyl sites for hydroxylation is 4. The molecule has 4 aromatic rings. The molecular weight excluding hydrogens is 512 g/mol. The number of benzene rings is 4. The first-order valence-corrected chi connectivity index (χ1v) is 12.2. The zero-order valence-corrected chi connectivity index (χ0v) is 21.8. The molecule has 0 atom stereocenters. The van der Waals surface area contributed by atoms with E-state index < -0.39 is 58.1 Å². The van der Waals surface area contributed by atoms with Crippen LogP contribution in [0, 0.1) is 51.0 Å². The van der Waals surface area contributed by atoms with E-state index >= 15 is 0 Å². The molecule has 204 valence electrons. The van der Waals surface area contributed by atoms with Crippen molar-refractivity contribution in [2.45, 2.75) is 46.0 Å². The lowest BCUT2D eigenvalue weighted by molar-refractivity contribution is 0.424. The summed E-state index contributed by atoms with van der Waals surface area (Å²) >= 11 is 0. The number of aromatic hydroxyl groups is 4. The Balaban J connectivity index is 1.98. The second-order valence-electron chi connectivity index (χ2n) is 10.0. The maximum atomic E-state index is 14.7. The van der Waals surface area contributed by atoms with E-state index in [1.807, 2.05) is 0 Å². The summed E-state index contributed by atoms with van der Waals surface area (Å²) in [7, 11) is 0. The molecule has 0 saturated carbocycles. The highest BCUT2D eigenvalue weighted by atomic mass is 19.1. The van der Waals surface area contributed by atoms with Crippen LogP contribution in [0.15, 0.2) is 48.5 Å². The number of phenolic OH excluding ortho intramolecular Hbond substituents is 4. The predicted octanol–water partition coefficient (Wildman–Crippen LogP) is 7.65. The lowest BCUT2D eigenvalue weighted by atomic mass is 9.77. The summed E-state index contributed by atoms with van der Waals surface area (Å²) in [5, 5.41) is 40.1. The molecule has 0 amide bonds. The standard InChI is InChI=1S/C31H28F4O4/c1-14-5-18(9-24(32)28(14)36)22(19-6-15(2)29(37)25(33)10-19)13-23(20-7-16(3)30(38)26(34)11-20)21-8-17(4)31(39)27(35)12-21/h5-12,22-23,36-39H,13H2,1-4H3. The van der Waals surface area contributed by atoms with Gasteiger partial charge in [0.2, 0.25) is 0 Å². The van der Waals surface area contributed by atoms with Crippen molar-refractivity contribution in [3.8, 4) is 23.0 Å². The molecule has 0 radical (unpaired) electrons. The van der Waals surface area contributed by atoms with E-state index in [0.717, 1.165) is 24.3 Å². The van der Waals surface area contributed by atoms with Crippen LogP contribution in [0.3, 0.4) is 0 Å². The Hall–Kier alpha value is -4.20. The fraction of sp³-hybridized carbons (Fsp3) is 0.226. The Morgan fingerprint density at radius 2 is 0.641 bits per heavy atom. The van der Waals surface area contributed by atoms with Gasteiger partial charge in [-0.05, 0) is 103 Å². The smallest absolute Gasteiger partial charge is 0.165 e. The normalized spacial score (nSPS) is 11.5. The van der Waals surface area contributed by atoms with Gasteiger partial charge in [0, 0.05) is 11.8 Å². The van der Waals surface area contributed by atoms with Crippen molar-refractivity contribution in [1.29, 1.82) is 0 Å². The van der Waals surface area contributed by atoms with Gasteiger partial charge < -0.3 is 20.4 Å². The quantitative estimate of drug-likeness (QED) is 0.189. The fourth-order valence-corrected chi connectivity index (χ4v) is 5.02. The molecule has 0 aliphatic heterocycles. The van der Waals surface area contributed by atoms with E-state index in [0.29, 0.717) is 22.3 Å². The Kier molecular flexibility index (Phi) is 7.50. The fourth-order valence-electron chi connectivity index (χ4n) is 5.02. The molecule has 0 bridgehead atoms. The highest BCUT2D eigenvalue weighted by molar-refractivity contribution is 5.48. The Morgan fingerprint density at radius 1 is 0.436 bits per heavy atom. The van der Waals surface area contributed by atoms with Gasteiger partial charge in [-0.3, -0.25) is 0 Å². The van der Waals surface area contributed by atoms with E-state index in [4.69, 9.17) is 0 Å². The Morgan fingerprint density at radius 3 is 0.821 bits per heavy atom. The number of hydrogen-bond acceptors (Lipinski definition) is 4. The molecule has 0 fully saturated rings. The molecule has 4 N–H and O–H groups in total. The second-order valence-corrected chi connectivity index (χ2v) is 10.0. The summed E-state index contributed by atoms with van der Waals surface area (Å²) < 4.78 is 58.8. The summed E-state index contributed by atoms with van der Waals surface area (Å²) in [5.41, 5.74) is 2.41. The predicted molar refractivity (Wildman–Crippen MR) is 140 cm³/mol. The molecule has 4 nitrogen and oxygen atoms in total. The van der Waals surface area contributed by atoms with Crippen molar-refractivity contribution >= 4 is 0 Å². The van der Waals surface area contributed by atoms with Crippen LogP contribution < -0.4 is 0 Å². The van der Waals surface area contributed by atoms with Crippen molar-refractivity contribution in [3.05, 3.63) is 116 Å². The lowest BCUT2D eigenvalue weighted by Gasteiger charge is -2.27. The molecule has 0 saturated heterocycles. The van der Waals surface area contributed by atoms with E-state index in [-0.39, 0.29) is 28.7 Å². The first-order chi connectivity index (χ1) is 18.3. The van der Waals surface area contributed by atoms with Crippen molar-refractivity contribution in [2.75, 3.05) is 0 Å². The minimum Gasteiger partial charge on any atom is -0.505 e. The Bertz CT molecular complexity index is 1260. The van der Waals surface area contributed by atoms with Crippen LogP contribution >= 0.6 is 0 Å². The van der Waals surface area contributed by atoms with Crippen LogP contribution in [0.25, 0.3) is 0 Å². The molecule has 39 heavy (non-hydrogen) atoms. The minimum atomic E-state index is -0.888. The van der Waals surface area contributed by atoms with Gasteiger partial charge in [-0.2, -0.15) is 0 Å². The maximum Gasteiger partial charge on any atom is 0.165 e. The van der Waals surface area contributed by atoms with Gasteiger partial charge in [-0.1, -0.05) is 24.3 Å². The number of halogens is 4. The molecule has 4 aromatic carbocycles. The van der Waals surface area contributed by atoms with Gasteiger partial charge >= 0.3 is 0 Å². The van der Waals surface area contributed by atoms with Crippen LogP contribution in [0.5, 0.6) is 23.0 Å². The Labute approximate surface area is 223 Å². The molecule has 0 unspecified atom stereocenters. The molecule has 0 aliphatic rings. The zero-order chi connectivity index (χ0) is 28.8. The van der Waals surface area contributed by atoms with Crippen LogP contribution in [-0.2, 0) is 0 Å². The minimum absolute atomic E-state index is 0.0423. The summed E-state index contributed by atoms with van der Waals surface area (Å²) in [6.45, 7) is 6.04. The number of rotatable bonds is 6. The van der Waals surface area contributed by atoms with Gasteiger partial charge in [0.15, 0.2) is 46.3 Å². The highest BCUT2D eigenvalue weighted by Gasteiger charge is 2.28. The molecular formula is C31H28F4O4. The second kappa shape index (κ2) is 10.5.